The van der Waals surface area contributed by atoms with Crippen LogP contribution in [-0.4, -0.2) is 25.6 Å². The molecule has 1 fully saturated rings. The second-order valence-electron chi connectivity index (χ2n) is 7.15. The lowest BCUT2D eigenvalue weighted by atomic mass is 9.94. The number of halogens is 5. The molecule has 0 saturated heterocycles. The van der Waals surface area contributed by atoms with E-state index in [1.807, 2.05) is 0 Å². The second kappa shape index (κ2) is 8.55. The van der Waals surface area contributed by atoms with Crippen molar-refractivity contribution in [2.45, 2.75) is 48.0 Å². The largest absolute Gasteiger partial charge is 0.416 e. The summed E-state index contributed by atoms with van der Waals surface area (Å²) in [5.74, 6) is -1.10. The Labute approximate surface area is 176 Å². The molecule has 10 heteroatoms. The zero-order valence-corrected chi connectivity index (χ0v) is 17.1. The molecule has 2 aromatic rings. The highest BCUT2D eigenvalue weighted by atomic mass is 35.5. The highest BCUT2D eigenvalue weighted by Gasteiger charge is 2.35. The zero-order valence-electron chi connectivity index (χ0n) is 15.5. The standard InChI is InChI=1S/C20H18ClF4NO3S/c21-17-10-12(4-9-18(17)22)19(27)26-14-5-7-15(8-6-14)30(28,29)16-3-1-2-13(11-16)20(23,24)25/h1-4,9-11,14-15H,5-8H2,(H,26,27)/t14-,15-. The third-order valence-electron chi connectivity index (χ3n) is 5.12. The third kappa shape index (κ3) is 4.95. The molecule has 1 aliphatic carbocycles. The Kier molecular flexibility index (Phi) is 6.43. The number of nitrogens with one attached hydrogen (secondary N) is 1. The molecule has 1 aliphatic rings. The van der Waals surface area contributed by atoms with Crippen LogP contribution in [0.2, 0.25) is 5.02 Å². The second-order valence-corrected chi connectivity index (χ2v) is 9.78. The van der Waals surface area contributed by atoms with Crippen molar-refractivity contribution in [1.82, 2.24) is 5.32 Å². The molecule has 0 bridgehead atoms. The molecule has 1 amide bonds. The summed E-state index contributed by atoms with van der Waals surface area (Å²) in [5, 5.41) is 1.75. The van der Waals surface area contributed by atoms with Crippen molar-refractivity contribution in [3.63, 3.8) is 0 Å². The van der Waals surface area contributed by atoms with Gasteiger partial charge in [-0.05, 0) is 62.1 Å². The Hall–Kier alpha value is -2.13. The maximum atomic E-state index is 13.2. The van der Waals surface area contributed by atoms with E-state index in [4.69, 9.17) is 11.6 Å². The van der Waals surface area contributed by atoms with Gasteiger partial charge in [0.05, 0.1) is 20.7 Å². The van der Waals surface area contributed by atoms with Crippen LogP contribution in [0.3, 0.4) is 0 Å². The van der Waals surface area contributed by atoms with Crippen LogP contribution in [0.15, 0.2) is 47.4 Å². The van der Waals surface area contributed by atoms with Crippen molar-refractivity contribution in [3.05, 3.63) is 64.4 Å². The van der Waals surface area contributed by atoms with Crippen molar-refractivity contribution < 1.29 is 30.8 Å². The molecular formula is C20H18ClF4NO3S. The molecule has 1 N–H and O–H groups in total. The van der Waals surface area contributed by atoms with Gasteiger partial charge in [0, 0.05) is 11.6 Å². The van der Waals surface area contributed by atoms with Crippen LogP contribution in [0.1, 0.15) is 41.6 Å². The molecule has 30 heavy (non-hydrogen) atoms. The van der Waals surface area contributed by atoms with Gasteiger partial charge in [-0.15, -0.1) is 0 Å². The molecule has 0 aromatic heterocycles. The van der Waals surface area contributed by atoms with Crippen molar-refractivity contribution in [3.8, 4) is 0 Å². The number of alkyl halides is 3. The first-order valence-corrected chi connectivity index (χ1v) is 11.1. The van der Waals surface area contributed by atoms with Gasteiger partial charge in [-0.2, -0.15) is 13.2 Å². The first kappa shape index (κ1) is 22.6. The number of carbonyl (C=O) groups is 1. The lowest BCUT2D eigenvalue weighted by Crippen LogP contribution is -2.40. The van der Waals surface area contributed by atoms with E-state index in [-0.39, 0.29) is 34.4 Å². The monoisotopic (exact) mass is 463 g/mol. The quantitative estimate of drug-likeness (QED) is 0.648. The number of sulfone groups is 1. The number of hydrogen-bond donors (Lipinski definition) is 1. The molecule has 0 aliphatic heterocycles. The average molecular weight is 464 g/mol. The first-order valence-electron chi connectivity index (χ1n) is 9.15. The first-order chi connectivity index (χ1) is 14.0. The number of amides is 1. The van der Waals surface area contributed by atoms with Crippen molar-refractivity contribution in [1.29, 1.82) is 0 Å². The van der Waals surface area contributed by atoms with E-state index >= 15 is 0 Å². The van der Waals surface area contributed by atoms with Crippen LogP contribution < -0.4 is 5.32 Å². The van der Waals surface area contributed by atoms with Gasteiger partial charge in [0.15, 0.2) is 9.84 Å². The van der Waals surface area contributed by atoms with E-state index in [1.54, 1.807) is 0 Å². The molecule has 0 radical (unpaired) electrons. The van der Waals surface area contributed by atoms with Gasteiger partial charge in [0.2, 0.25) is 0 Å². The highest BCUT2D eigenvalue weighted by Crippen LogP contribution is 2.33. The van der Waals surface area contributed by atoms with Gasteiger partial charge in [0.1, 0.15) is 5.82 Å². The minimum absolute atomic E-state index is 0.181. The number of rotatable bonds is 4. The summed E-state index contributed by atoms with van der Waals surface area (Å²) in [5.41, 5.74) is -0.831. The number of carbonyl (C=O) groups excluding carboxylic acids is 1. The lowest BCUT2D eigenvalue weighted by molar-refractivity contribution is -0.137. The van der Waals surface area contributed by atoms with Gasteiger partial charge in [-0.1, -0.05) is 17.7 Å². The Morgan fingerprint density at radius 3 is 2.30 bits per heavy atom. The predicted molar refractivity (Wildman–Crippen MR) is 104 cm³/mol. The van der Waals surface area contributed by atoms with Crippen molar-refractivity contribution in [2.75, 3.05) is 0 Å². The Morgan fingerprint density at radius 1 is 1.03 bits per heavy atom. The fourth-order valence-corrected chi connectivity index (χ4v) is 5.48. The zero-order chi connectivity index (χ0) is 22.1. The van der Waals surface area contributed by atoms with E-state index < -0.39 is 38.6 Å². The topological polar surface area (TPSA) is 63.2 Å². The molecule has 3 rings (SSSR count). The Balaban J connectivity index is 1.65. The molecule has 0 heterocycles. The smallest absolute Gasteiger partial charge is 0.349 e. The third-order valence-corrected chi connectivity index (χ3v) is 7.67. The van der Waals surface area contributed by atoms with E-state index in [1.165, 1.54) is 12.1 Å². The minimum Gasteiger partial charge on any atom is -0.349 e. The maximum Gasteiger partial charge on any atom is 0.416 e. The van der Waals surface area contributed by atoms with E-state index in [0.717, 1.165) is 24.3 Å². The van der Waals surface area contributed by atoms with Crippen LogP contribution in [0.5, 0.6) is 0 Å². The van der Waals surface area contributed by atoms with E-state index in [2.05, 4.69) is 5.32 Å². The number of benzene rings is 2. The van der Waals surface area contributed by atoms with Crippen molar-refractivity contribution >= 4 is 27.3 Å². The van der Waals surface area contributed by atoms with Gasteiger partial charge in [-0.3, -0.25) is 4.79 Å². The fourth-order valence-electron chi connectivity index (χ4n) is 3.47. The van der Waals surface area contributed by atoms with Gasteiger partial charge in [0.25, 0.3) is 5.91 Å². The van der Waals surface area contributed by atoms with E-state index in [9.17, 15) is 30.8 Å². The van der Waals surface area contributed by atoms with Crippen LogP contribution in [0.25, 0.3) is 0 Å². The molecule has 162 valence electrons. The van der Waals surface area contributed by atoms with Crippen LogP contribution >= 0.6 is 11.6 Å². The summed E-state index contributed by atoms with van der Waals surface area (Å²) in [4.78, 5) is 11.9. The van der Waals surface area contributed by atoms with Crippen LogP contribution in [0.4, 0.5) is 17.6 Å². The summed E-state index contributed by atoms with van der Waals surface area (Å²) in [7, 11) is -3.93. The summed E-state index contributed by atoms with van der Waals surface area (Å²) >= 11 is 5.68. The fraction of sp³-hybridized carbons (Fsp3) is 0.350. The highest BCUT2D eigenvalue weighted by molar-refractivity contribution is 7.92. The minimum atomic E-state index is -4.63. The summed E-state index contributed by atoms with van der Waals surface area (Å²) in [6.07, 6.45) is -3.52. The predicted octanol–water partition coefficient (Wildman–Crippen LogP) is 5.01. The normalized spacial score (nSPS) is 20.0. The maximum absolute atomic E-state index is 13.2. The van der Waals surface area contributed by atoms with Crippen LogP contribution in [0, 0.1) is 5.82 Å². The van der Waals surface area contributed by atoms with Crippen molar-refractivity contribution in [2.24, 2.45) is 0 Å². The summed E-state index contributed by atoms with van der Waals surface area (Å²) in [6, 6.07) is 7.00. The summed E-state index contributed by atoms with van der Waals surface area (Å²) < 4.78 is 77.5. The molecule has 2 aromatic carbocycles. The number of hydrogen-bond acceptors (Lipinski definition) is 3. The van der Waals surface area contributed by atoms with Crippen LogP contribution in [-0.2, 0) is 16.0 Å². The molecule has 0 spiro atoms. The average Bonchev–Trinajstić information content (AvgIpc) is 2.70. The lowest BCUT2D eigenvalue weighted by Gasteiger charge is -2.29. The van der Waals surface area contributed by atoms with Gasteiger partial charge < -0.3 is 5.32 Å². The summed E-state index contributed by atoms with van der Waals surface area (Å²) in [6.45, 7) is 0. The molecule has 1 saturated carbocycles. The molecular weight excluding hydrogens is 446 g/mol. The van der Waals surface area contributed by atoms with E-state index in [0.29, 0.717) is 18.9 Å². The SMILES string of the molecule is O=C(N[C@H]1CC[C@H](S(=O)(=O)c2cccc(C(F)(F)F)c2)CC1)c1ccc(F)c(Cl)c1. The molecule has 0 atom stereocenters. The Bertz CT molecular complexity index is 1050. The Morgan fingerprint density at radius 2 is 1.70 bits per heavy atom. The molecule has 0 unspecified atom stereocenters. The van der Waals surface area contributed by atoms with Gasteiger partial charge in [-0.25, -0.2) is 12.8 Å². The molecule has 4 nitrogen and oxygen atoms in total. The van der Waals surface area contributed by atoms with Gasteiger partial charge >= 0.3 is 6.18 Å².